The predicted molar refractivity (Wildman–Crippen MR) is 102 cm³/mol. The summed E-state index contributed by atoms with van der Waals surface area (Å²) in [5.41, 5.74) is 1.16. The standard InChI is InChI=1S/C20H26N2O2S/c1-14(18-5-4-12-25-18)22(2)13-19(23)21-20(15-6-7-15)16-8-10-17(24-3)11-9-16/h4-5,8-12,14-15,20H,6-7,13H2,1-3H3,(H,21,23). The van der Waals surface area contributed by atoms with E-state index in [9.17, 15) is 4.79 Å². The van der Waals surface area contributed by atoms with E-state index in [0.29, 0.717) is 12.5 Å². The molecule has 25 heavy (non-hydrogen) atoms. The summed E-state index contributed by atoms with van der Waals surface area (Å²) < 4.78 is 5.23. The Balaban J connectivity index is 1.61. The Bertz CT molecular complexity index is 680. The van der Waals surface area contributed by atoms with Gasteiger partial charge in [-0.05, 0) is 61.9 Å². The molecule has 1 aromatic carbocycles. The van der Waals surface area contributed by atoms with Crippen molar-refractivity contribution in [2.45, 2.75) is 31.8 Å². The van der Waals surface area contributed by atoms with Crippen molar-refractivity contribution in [2.75, 3.05) is 20.7 Å². The topological polar surface area (TPSA) is 41.6 Å². The van der Waals surface area contributed by atoms with E-state index >= 15 is 0 Å². The van der Waals surface area contributed by atoms with Gasteiger partial charge in [0.1, 0.15) is 5.75 Å². The maximum atomic E-state index is 12.6. The zero-order chi connectivity index (χ0) is 17.8. The zero-order valence-electron chi connectivity index (χ0n) is 15.1. The van der Waals surface area contributed by atoms with E-state index in [4.69, 9.17) is 4.74 Å². The molecule has 1 fully saturated rings. The molecule has 1 aliphatic carbocycles. The van der Waals surface area contributed by atoms with Gasteiger partial charge in [0.15, 0.2) is 0 Å². The van der Waals surface area contributed by atoms with Gasteiger partial charge in [0.2, 0.25) is 5.91 Å². The number of amides is 1. The molecule has 0 spiro atoms. The Morgan fingerprint density at radius 3 is 2.60 bits per heavy atom. The van der Waals surface area contributed by atoms with E-state index in [1.165, 1.54) is 17.7 Å². The van der Waals surface area contributed by atoms with Crippen molar-refractivity contribution < 1.29 is 9.53 Å². The van der Waals surface area contributed by atoms with Gasteiger partial charge in [-0.3, -0.25) is 9.69 Å². The average Bonchev–Trinajstić information content (AvgIpc) is 3.32. The summed E-state index contributed by atoms with van der Waals surface area (Å²) in [6, 6.07) is 12.5. The van der Waals surface area contributed by atoms with Gasteiger partial charge in [-0.2, -0.15) is 0 Å². The summed E-state index contributed by atoms with van der Waals surface area (Å²) in [4.78, 5) is 16.0. The third-order valence-corrected chi connectivity index (χ3v) is 5.94. The van der Waals surface area contributed by atoms with E-state index in [2.05, 4.69) is 46.8 Å². The van der Waals surface area contributed by atoms with Crippen LogP contribution in [0.2, 0.25) is 0 Å². The summed E-state index contributed by atoms with van der Waals surface area (Å²) >= 11 is 1.73. The van der Waals surface area contributed by atoms with Gasteiger partial charge in [0, 0.05) is 10.9 Å². The molecule has 3 rings (SSSR count). The number of nitrogens with one attached hydrogen (secondary N) is 1. The number of methoxy groups -OCH3 is 1. The minimum atomic E-state index is 0.0821. The fourth-order valence-corrected chi connectivity index (χ4v) is 3.89. The van der Waals surface area contributed by atoms with Gasteiger partial charge >= 0.3 is 0 Å². The molecule has 2 aromatic rings. The number of nitrogens with zero attached hydrogens (tertiary/aromatic N) is 1. The molecule has 1 amide bonds. The maximum Gasteiger partial charge on any atom is 0.234 e. The summed E-state index contributed by atoms with van der Waals surface area (Å²) in [6.07, 6.45) is 2.36. The van der Waals surface area contributed by atoms with Crippen molar-refractivity contribution >= 4 is 17.2 Å². The number of ether oxygens (including phenoxy) is 1. The molecule has 2 atom stereocenters. The second kappa shape index (κ2) is 8.02. The molecule has 0 aliphatic heterocycles. The first-order valence-electron chi connectivity index (χ1n) is 8.75. The number of carbonyl (C=O) groups is 1. The highest BCUT2D eigenvalue weighted by atomic mass is 32.1. The molecular weight excluding hydrogens is 332 g/mol. The van der Waals surface area contributed by atoms with E-state index in [0.717, 1.165) is 11.3 Å². The SMILES string of the molecule is COc1ccc(C(NC(=O)CN(C)C(C)c2cccs2)C2CC2)cc1. The van der Waals surface area contributed by atoms with Crippen molar-refractivity contribution in [1.29, 1.82) is 0 Å². The van der Waals surface area contributed by atoms with Crippen molar-refractivity contribution in [1.82, 2.24) is 10.2 Å². The second-order valence-corrected chi connectivity index (χ2v) is 7.74. The lowest BCUT2D eigenvalue weighted by molar-refractivity contribution is -0.123. The Morgan fingerprint density at radius 2 is 2.04 bits per heavy atom. The van der Waals surface area contributed by atoms with Crippen LogP contribution in [0, 0.1) is 5.92 Å². The number of benzene rings is 1. The number of thiophene rings is 1. The van der Waals surface area contributed by atoms with Gasteiger partial charge in [-0.25, -0.2) is 0 Å². The lowest BCUT2D eigenvalue weighted by Crippen LogP contribution is -2.38. The molecule has 1 N–H and O–H groups in total. The molecule has 1 aromatic heterocycles. The first kappa shape index (κ1) is 18.0. The van der Waals surface area contributed by atoms with Gasteiger partial charge < -0.3 is 10.1 Å². The van der Waals surface area contributed by atoms with Crippen LogP contribution in [0.3, 0.4) is 0 Å². The van der Waals surface area contributed by atoms with Crippen LogP contribution < -0.4 is 10.1 Å². The minimum Gasteiger partial charge on any atom is -0.497 e. The van der Waals surface area contributed by atoms with E-state index < -0.39 is 0 Å². The molecule has 0 radical (unpaired) electrons. The molecule has 1 aliphatic rings. The third-order valence-electron chi connectivity index (χ3n) is 4.89. The Kier molecular flexibility index (Phi) is 5.76. The number of likely N-dealkylation sites (N-methyl/N-ethyl adjacent to an activating group) is 1. The van der Waals surface area contributed by atoms with Crippen LogP contribution in [0.25, 0.3) is 0 Å². The molecule has 0 saturated heterocycles. The van der Waals surface area contributed by atoms with E-state index in [1.54, 1.807) is 18.4 Å². The predicted octanol–water partition coefficient (Wildman–Crippen LogP) is 4.02. The molecule has 134 valence electrons. The van der Waals surface area contributed by atoms with E-state index in [-0.39, 0.29) is 18.0 Å². The van der Waals surface area contributed by atoms with Crippen molar-refractivity contribution in [3.63, 3.8) is 0 Å². The van der Waals surface area contributed by atoms with Gasteiger partial charge in [0.05, 0.1) is 19.7 Å². The van der Waals surface area contributed by atoms with E-state index in [1.807, 2.05) is 19.2 Å². The van der Waals surface area contributed by atoms with Crippen LogP contribution in [-0.2, 0) is 4.79 Å². The summed E-state index contributed by atoms with van der Waals surface area (Å²) in [6.45, 7) is 2.54. The lowest BCUT2D eigenvalue weighted by atomic mass is 10.0. The molecular formula is C20H26N2O2S. The second-order valence-electron chi connectivity index (χ2n) is 6.76. The fourth-order valence-electron chi connectivity index (χ4n) is 3.04. The quantitative estimate of drug-likeness (QED) is 0.775. The monoisotopic (exact) mass is 358 g/mol. The highest BCUT2D eigenvalue weighted by Crippen LogP contribution is 2.41. The van der Waals surface area contributed by atoms with Crippen LogP contribution in [-0.4, -0.2) is 31.5 Å². The number of rotatable bonds is 8. The van der Waals surface area contributed by atoms with Crippen molar-refractivity contribution in [2.24, 2.45) is 5.92 Å². The first-order valence-corrected chi connectivity index (χ1v) is 9.63. The molecule has 2 unspecified atom stereocenters. The van der Waals surface area contributed by atoms with Crippen LogP contribution >= 0.6 is 11.3 Å². The first-order chi connectivity index (χ1) is 12.1. The smallest absolute Gasteiger partial charge is 0.234 e. The number of carbonyl (C=O) groups excluding carboxylic acids is 1. The Hall–Kier alpha value is -1.85. The maximum absolute atomic E-state index is 12.6. The molecule has 0 bridgehead atoms. The highest BCUT2D eigenvalue weighted by Gasteiger charge is 2.33. The highest BCUT2D eigenvalue weighted by molar-refractivity contribution is 7.10. The molecule has 4 nitrogen and oxygen atoms in total. The lowest BCUT2D eigenvalue weighted by Gasteiger charge is -2.25. The minimum absolute atomic E-state index is 0.0821. The molecule has 1 heterocycles. The van der Waals surface area contributed by atoms with Gasteiger partial charge in [0.25, 0.3) is 0 Å². The summed E-state index contributed by atoms with van der Waals surface area (Å²) in [7, 11) is 3.67. The number of hydrogen-bond donors (Lipinski definition) is 1. The van der Waals surface area contributed by atoms with Crippen LogP contribution in [0.15, 0.2) is 41.8 Å². The fraction of sp³-hybridized carbons (Fsp3) is 0.450. The Labute approximate surface area is 153 Å². The largest absolute Gasteiger partial charge is 0.497 e. The summed E-state index contributed by atoms with van der Waals surface area (Å²) in [5, 5.41) is 5.32. The molecule has 1 saturated carbocycles. The van der Waals surface area contributed by atoms with Crippen LogP contribution in [0.1, 0.15) is 42.3 Å². The summed E-state index contributed by atoms with van der Waals surface area (Å²) in [5.74, 6) is 1.48. The van der Waals surface area contributed by atoms with Crippen molar-refractivity contribution in [3.05, 3.63) is 52.2 Å². The van der Waals surface area contributed by atoms with Gasteiger partial charge in [-0.15, -0.1) is 11.3 Å². The average molecular weight is 359 g/mol. The molecule has 5 heteroatoms. The zero-order valence-corrected chi connectivity index (χ0v) is 15.9. The van der Waals surface area contributed by atoms with Crippen LogP contribution in [0.4, 0.5) is 0 Å². The van der Waals surface area contributed by atoms with Crippen LogP contribution in [0.5, 0.6) is 5.75 Å². The Morgan fingerprint density at radius 1 is 1.32 bits per heavy atom. The third kappa shape index (κ3) is 4.61. The van der Waals surface area contributed by atoms with Crippen molar-refractivity contribution in [3.8, 4) is 5.75 Å². The number of hydrogen-bond acceptors (Lipinski definition) is 4. The normalized spacial score (nSPS) is 16.5. The van der Waals surface area contributed by atoms with Gasteiger partial charge in [-0.1, -0.05) is 18.2 Å².